The number of unbranched alkanes of at least 4 members (excludes halogenated alkanes) is 2. The maximum atomic E-state index is 7.27. The monoisotopic (exact) mass is 748 g/mol. The van der Waals surface area contributed by atoms with Crippen molar-refractivity contribution in [3.63, 3.8) is 0 Å². The molecule has 1 spiro atoms. The van der Waals surface area contributed by atoms with E-state index < -0.39 is 11.2 Å². The molecule has 9 rings (SSSR count). The smallest absolute Gasteiger partial charge is 0.179 e. The van der Waals surface area contributed by atoms with E-state index in [0.29, 0.717) is 0 Å². The van der Waals surface area contributed by atoms with Gasteiger partial charge in [0.05, 0.1) is 0 Å². The van der Waals surface area contributed by atoms with Crippen LogP contribution in [0.3, 0.4) is 0 Å². The Hall–Kier alpha value is -5.44. The molecular formula is C55H56O2. The first-order valence-corrected chi connectivity index (χ1v) is 20.4. The third kappa shape index (κ3) is 6.21. The van der Waals surface area contributed by atoms with Gasteiger partial charge in [0.1, 0.15) is 11.4 Å². The first-order valence-electron chi connectivity index (χ1n) is 20.4. The Kier molecular flexibility index (Phi) is 9.99. The van der Waals surface area contributed by atoms with Gasteiger partial charge in [-0.05, 0) is 121 Å². The van der Waals surface area contributed by atoms with Crippen molar-refractivity contribution in [2.75, 3.05) is 7.11 Å². The highest BCUT2D eigenvalue weighted by Crippen LogP contribution is 2.55. The van der Waals surface area contributed by atoms with E-state index in [2.05, 4.69) is 180 Å². The number of methoxy groups -OCH3 is 1. The van der Waals surface area contributed by atoms with Gasteiger partial charge < -0.3 is 9.47 Å². The van der Waals surface area contributed by atoms with Gasteiger partial charge >= 0.3 is 0 Å². The Morgan fingerprint density at radius 1 is 0.614 bits per heavy atom. The molecule has 288 valence electrons. The van der Waals surface area contributed by atoms with Crippen LogP contribution < -0.4 is 4.74 Å². The van der Waals surface area contributed by atoms with Gasteiger partial charge in [0.2, 0.25) is 0 Å². The zero-order chi connectivity index (χ0) is 38.7. The lowest BCUT2D eigenvalue weighted by Crippen LogP contribution is -2.33. The number of allylic oxidation sites excluding steroid dienone is 2. The zero-order valence-electron chi connectivity index (χ0n) is 33.7. The molecule has 57 heavy (non-hydrogen) atoms. The fourth-order valence-electron chi connectivity index (χ4n) is 9.76. The van der Waals surface area contributed by atoms with Crippen LogP contribution in [0, 0.1) is 13.8 Å². The van der Waals surface area contributed by atoms with Crippen molar-refractivity contribution in [2.24, 2.45) is 0 Å². The molecule has 0 fully saturated rings. The molecule has 2 nitrogen and oxygen atoms in total. The van der Waals surface area contributed by atoms with Gasteiger partial charge in [-0.3, -0.25) is 0 Å². The summed E-state index contributed by atoms with van der Waals surface area (Å²) in [5.74, 6) is 0.967. The second-order valence-electron chi connectivity index (χ2n) is 16.8. The third-order valence-corrected chi connectivity index (χ3v) is 13.1. The summed E-state index contributed by atoms with van der Waals surface area (Å²) in [4.78, 5) is 0. The lowest BCUT2D eigenvalue weighted by molar-refractivity contribution is 0.0685. The van der Waals surface area contributed by atoms with Crippen LogP contribution in [0.1, 0.15) is 110 Å². The normalized spacial score (nSPS) is 15.4. The molecule has 3 aliphatic rings. The molecule has 6 aromatic carbocycles. The topological polar surface area (TPSA) is 18.5 Å². The van der Waals surface area contributed by atoms with E-state index >= 15 is 0 Å². The van der Waals surface area contributed by atoms with Crippen molar-refractivity contribution >= 4 is 5.57 Å². The van der Waals surface area contributed by atoms with Crippen LogP contribution in [0.2, 0.25) is 0 Å². The minimum Gasteiger partial charge on any atom is -0.473 e. The van der Waals surface area contributed by atoms with Crippen molar-refractivity contribution in [3.8, 4) is 28.0 Å². The van der Waals surface area contributed by atoms with E-state index in [9.17, 15) is 0 Å². The standard InChI is InChI=1S/C54H52O2.CH4/c1-36(34-53(55-6)47-24-14-10-20-42(47)43-21-11-15-25-48(43)53)18-8-7-9-19-39-35-54(49-26-16-12-22-44(49)45-23-13-17-27-50(45)54)56-51-31-30-41(33-46(39)51)52(4,5)40-29-28-37(2)38(3)32-40;/h10-17,20-35H,7-9,18-19H2,1-6H3;1H4/b36-34+;. The van der Waals surface area contributed by atoms with Crippen LogP contribution in [0.25, 0.3) is 27.8 Å². The van der Waals surface area contributed by atoms with Crippen molar-refractivity contribution in [1.29, 1.82) is 0 Å². The summed E-state index contributed by atoms with van der Waals surface area (Å²) in [6.45, 7) is 11.4. The molecule has 0 saturated carbocycles. The Morgan fingerprint density at radius 2 is 1.14 bits per heavy atom. The summed E-state index contributed by atoms with van der Waals surface area (Å²) in [6.07, 6.45) is 10.2. The zero-order valence-corrected chi connectivity index (χ0v) is 33.7. The van der Waals surface area contributed by atoms with E-state index in [1.54, 1.807) is 0 Å². The lowest BCUT2D eigenvalue weighted by atomic mass is 9.75. The maximum Gasteiger partial charge on any atom is 0.179 e. The Morgan fingerprint density at radius 3 is 1.72 bits per heavy atom. The van der Waals surface area contributed by atoms with E-state index in [1.807, 2.05) is 7.11 Å². The van der Waals surface area contributed by atoms with Gasteiger partial charge in [-0.2, -0.15) is 0 Å². The molecule has 1 heterocycles. The fourth-order valence-corrected chi connectivity index (χ4v) is 9.76. The maximum absolute atomic E-state index is 7.27. The predicted octanol–water partition coefficient (Wildman–Crippen LogP) is 14.4. The minimum atomic E-state index is -0.651. The number of hydrogen-bond donors (Lipinski definition) is 0. The minimum absolute atomic E-state index is 0. The fraction of sp³-hybridized carbons (Fsp3) is 0.273. The highest BCUT2D eigenvalue weighted by atomic mass is 16.5. The highest BCUT2D eigenvalue weighted by molar-refractivity contribution is 5.86. The molecule has 0 amide bonds. The van der Waals surface area contributed by atoms with Gasteiger partial charge in [0.25, 0.3) is 0 Å². The summed E-state index contributed by atoms with van der Waals surface area (Å²) in [6, 6.07) is 48.9. The van der Waals surface area contributed by atoms with Crippen LogP contribution in [-0.4, -0.2) is 7.11 Å². The predicted molar refractivity (Wildman–Crippen MR) is 239 cm³/mol. The number of ether oxygens (including phenoxy) is 2. The average Bonchev–Trinajstić information content (AvgIpc) is 3.65. The van der Waals surface area contributed by atoms with E-state index in [0.717, 1.165) is 37.9 Å². The lowest BCUT2D eigenvalue weighted by Gasteiger charge is -2.37. The molecule has 2 aliphatic carbocycles. The molecule has 0 atom stereocenters. The van der Waals surface area contributed by atoms with Crippen molar-refractivity contribution < 1.29 is 9.47 Å². The van der Waals surface area contributed by atoms with Crippen LogP contribution >= 0.6 is 0 Å². The number of rotatable bonds is 10. The van der Waals surface area contributed by atoms with Gasteiger partial charge in [0, 0.05) is 40.3 Å². The van der Waals surface area contributed by atoms with Crippen LogP contribution in [0.5, 0.6) is 5.75 Å². The molecule has 0 aromatic heterocycles. The van der Waals surface area contributed by atoms with E-state index in [-0.39, 0.29) is 12.8 Å². The van der Waals surface area contributed by atoms with Crippen LogP contribution in [0.4, 0.5) is 0 Å². The summed E-state index contributed by atoms with van der Waals surface area (Å²) in [5.41, 5.74) is 17.9. The van der Waals surface area contributed by atoms with Gasteiger partial charge in [-0.15, -0.1) is 0 Å². The summed E-state index contributed by atoms with van der Waals surface area (Å²) in [7, 11) is 1.85. The third-order valence-electron chi connectivity index (χ3n) is 13.1. The van der Waals surface area contributed by atoms with Crippen LogP contribution in [-0.2, 0) is 21.4 Å². The van der Waals surface area contributed by atoms with E-state index in [4.69, 9.17) is 9.47 Å². The Balaban J connectivity index is 0.00000455. The first kappa shape index (κ1) is 38.4. The molecule has 0 unspecified atom stereocenters. The quantitative estimate of drug-likeness (QED) is 0.103. The number of fused-ring (bicyclic) bond motifs is 9. The molecule has 6 aromatic rings. The van der Waals surface area contributed by atoms with Crippen LogP contribution in [0.15, 0.2) is 151 Å². The van der Waals surface area contributed by atoms with Crippen molar-refractivity contribution in [2.45, 2.75) is 90.8 Å². The molecule has 1 aliphatic heterocycles. The molecular weight excluding hydrogens is 693 g/mol. The number of aryl methyl sites for hydroxylation is 2. The molecule has 0 radical (unpaired) electrons. The molecule has 0 saturated heterocycles. The van der Waals surface area contributed by atoms with Crippen molar-refractivity contribution in [3.05, 3.63) is 201 Å². The summed E-state index contributed by atoms with van der Waals surface area (Å²) in [5, 5.41) is 0. The highest BCUT2D eigenvalue weighted by Gasteiger charge is 2.47. The largest absolute Gasteiger partial charge is 0.473 e. The second-order valence-corrected chi connectivity index (χ2v) is 16.8. The molecule has 0 N–H and O–H groups in total. The average molecular weight is 749 g/mol. The second kappa shape index (κ2) is 14.8. The Bertz CT molecular complexity index is 2450. The number of benzene rings is 6. The summed E-state index contributed by atoms with van der Waals surface area (Å²) < 4.78 is 13.7. The van der Waals surface area contributed by atoms with Crippen molar-refractivity contribution in [1.82, 2.24) is 0 Å². The molecule has 0 bridgehead atoms. The van der Waals surface area contributed by atoms with Gasteiger partial charge in [-0.25, -0.2) is 0 Å². The number of hydrogen-bond acceptors (Lipinski definition) is 2. The SMILES string of the molecule is C.COC1(/C=C(\C)CCCCCC2=CC3(Oc4ccc(C(C)(C)c5ccc(C)c(C)c5)cc42)c2ccccc2-c2ccccc23)c2ccccc2-c2ccccc21. The Labute approximate surface area is 340 Å². The van der Waals surface area contributed by atoms with Gasteiger partial charge in [-0.1, -0.05) is 155 Å². The first-order chi connectivity index (χ1) is 27.2. The van der Waals surface area contributed by atoms with Gasteiger partial charge in [0.15, 0.2) is 5.60 Å². The molecule has 2 heteroatoms. The summed E-state index contributed by atoms with van der Waals surface area (Å²) >= 11 is 0. The van der Waals surface area contributed by atoms with E-state index in [1.165, 1.54) is 83.5 Å².